The highest BCUT2D eigenvalue weighted by Crippen LogP contribution is 2.28. The summed E-state index contributed by atoms with van der Waals surface area (Å²) in [6.07, 6.45) is 0. The number of aromatic nitrogens is 3. The van der Waals surface area contributed by atoms with Gasteiger partial charge in [0.05, 0.1) is 5.75 Å². The molecule has 0 aliphatic heterocycles. The van der Waals surface area contributed by atoms with Crippen LogP contribution in [-0.2, 0) is 11.3 Å². The molecule has 0 fully saturated rings. The topological polar surface area (TPSA) is 77.0 Å². The summed E-state index contributed by atoms with van der Waals surface area (Å²) >= 11 is 4.69. The van der Waals surface area contributed by atoms with E-state index in [9.17, 15) is 9.18 Å². The largest absolute Gasteiger partial charge is 0.338 e. The Morgan fingerprint density at radius 2 is 2.04 bits per heavy atom. The molecule has 0 bridgehead atoms. The smallest absolute Gasteiger partial charge is 0.233 e. The second-order valence-electron chi connectivity index (χ2n) is 5.98. The van der Waals surface area contributed by atoms with Crippen LogP contribution < -0.4 is 5.84 Å². The van der Waals surface area contributed by atoms with Gasteiger partial charge in [0.2, 0.25) is 11.1 Å². The quantitative estimate of drug-likeness (QED) is 0.426. The SMILES string of the molecule is CCN(Cc1cccc(F)c1)C(=O)CSc1nnc(-c2ccccc2Br)n1N. The summed E-state index contributed by atoms with van der Waals surface area (Å²) in [5.41, 5.74) is 1.57. The van der Waals surface area contributed by atoms with Gasteiger partial charge in [-0.2, -0.15) is 0 Å². The van der Waals surface area contributed by atoms with Gasteiger partial charge in [-0.25, -0.2) is 9.07 Å². The zero-order valence-corrected chi connectivity index (χ0v) is 17.6. The van der Waals surface area contributed by atoms with Crippen LogP contribution in [0, 0.1) is 5.82 Å². The standard InChI is InChI=1S/C19H19BrFN5OS/c1-2-25(11-13-6-5-7-14(21)10-13)17(27)12-28-19-24-23-18(26(19)22)15-8-3-4-9-16(15)20/h3-10H,2,11-12,22H2,1H3. The van der Waals surface area contributed by atoms with Crippen molar-refractivity contribution < 1.29 is 9.18 Å². The second-order valence-corrected chi connectivity index (χ2v) is 7.78. The molecule has 1 aromatic heterocycles. The summed E-state index contributed by atoms with van der Waals surface area (Å²) in [5.74, 6) is 6.40. The molecule has 0 aliphatic rings. The summed E-state index contributed by atoms with van der Waals surface area (Å²) in [4.78, 5) is 14.2. The number of hydrogen-bond donors (Lipinski definition) is 1. The molecule has 0 atom stereocenters. The Bertz CT molecular complexity index is 980. The highest BCUT2D eigenvalue weighted by atomic mass is 79.9. The minimum atomic E-state index is -0.314. The van der Waals surface area contributed by atoms with Gasteiger partial charge >= 0.3 is 0 Å². The van der Waals surface area contributed by atoms with Gasteiger partial charge in [-0.05, 0) is 36.8 Å². The lowest BCUT2D eigenvalue weighted by Gasteiger charge is -2.20. The molecule has 2 aromatic carbocycles. The van der Waals surface area contributed by atoms with Crippen molar-refractivity contribution >= 4 is 33.6 Å². The lowest BCUT2D eigenvalue weighted by atomic mass is 10.2. The number of hydrogen-bond acceptors (Lipinski definition) is 5. The van der Waals surface area contributed by atoms with Crippen molar-refractivity contribution in [2.75, 3.05) is 18.1 Å². The van der Waals surface area contributed by atoms with Crippen LogP contribution in [0.5, 0.6) is 0 Å². The number of carbonyl (C=O) groups excluding carboxylic acids is 1. The lowest BCUT2D eigenvalue weighted by Crippen LogP contribution is -2.32. The van der Waals surface area contributed by atoms with E-state index < -0.39 is 0 Å². The lowest BCUT2D eigenvalue weighted by molar-refractivity contribution is -0.128. The second kappa shape index (κ2) is 9.20. The van der Waals surface area contributed by atoms with E-state index in [0.717, 1.165) is 15.6 Å². The Balaban J connectivity index is 1.66. The maximum atomic E-state index is 13.4. The van der Waals surface area contributed by atoms with Crippen LogP contribution in [0.15, 0.2) is 58.2 Å². The van der Waals surface area contributed by atoms with Crippen LogP contribution in [0.4, 0.5) is 4.39 Å². The first-order chi connectivity index (χ1) is 13.5. The van der Waals surface area contributed by atoms with Gasteiger partial charge in [-0.3, -0.25) is 4.79 Å². The zero-order chi connectivity index (χ0) is 20.1. The normalized spacial score (nSPS) is 10.8. The summed E-state index contributed by atoms with van der Waals surface area (Å²) in [6, 6.07) is 13.8. The number of nitrogen functional groups attached to an aromatic ring is 1. The number of benzene rings is 2. The number of rotatable bonds is 7. The summed E-state index contributed by atoms with van der Waals surface area (Å²) < 4.78 is 15.6. The molecule has 0 unspecified atom stereocenters. The fourth-order valence-electron chi connectivity index (χ4n) is 2.65. The first-order valence-electron chi connectivity index (χ1n) is 8.60. The number of thioether (sulfide) groups is 1. The first kappa shape index (κ1) is 20.3. The average molecular weight is 464 g/mol. The van der Waals surface area contributed by atoms with Gasteiger partial charge in [0.25, 0.3) is 0 Å². The van der Waals surface area contributed by atoms with Crippen molar-refractivity contribution in [2.24, 2.45) is 0 Å². The molecular weight excluding hydrogens is 445 g/mol. The van der Waals surface area contributed by atoms with E-state index >= 15 is 0 Å². The van der Waals surface area contributed by atoms with Crippen molar-refractivity contribution in [3.05, 3.63) is 64.4 Å². The maximum Gasteiger partial charge on any atom is 0.233 e. The zero-order valence-electron chi connectivity index (χ0n) is 15.2. The van der Waals surface area contributed by atoms with Crippen LogP contribution in [0.25, 0.3) is 11.4 Å². The highest BCUT2D eigenvalue weighted by Gasteiger charge is 2.18. The Labute approximate surface area is 175 Å². The Hall–Kier alpha value is -2.39. The summed E-state index contributed by atoms with van der Waals surface area (Å²) in [7, 11) is 0. The van der Waals surface area contributed by atoms with E-state index in [1.807, 2.05) is 31.2 Å². The molecule has 3 rings (SSSR count). The monoisotopic (exact) mass is 463 g/mol. The van der Waals surface area contributed by atoms with Gasteiger partial charge in [0.1, 0.15) is 5.82 Å². The van der Waals surface area contributed by atoms with E-state index in [1.165, 1.54) is 28.6 Å². The van der Waals surface area contributed by atoms with Gasteiger partial charge in [-0.1, -0.05) is 52.0 Å². The molecule has 0 spiro atoms. The van der Waals surface area contributed by atoms with Crippen LogP contribution >= 0.6 is 27.7 Å². The third-order valence-electron chi connectivity index (χ3n) is 4.10. The fourth-order valence-corrected chi connectivity index (χ4v) is 3.87. The van der Waals surface area contributed by atoms with Gasteiger partial charge in [0, 0.05) is 23.1 Å². The molecule has 146 valence electrons. The molecule has 9 heteroatoms. The average Bonchev–Trinajstić information content (AvgIpc) is 3.05. The maximum absolute atomic E-state index is 13.4. The Kier molecular flexibility index (Phi) is 6.69. The van der Waals surface area contributed by atoms with E-state index in [4.69, 9.17) is 5.84 Å². The van der Waals surface area contributed by atoms with E-state index in [-0.39, 0.29) is 17.5 Å². The van der Waals surface area contributed by atoms with Crippen LogP contribution in [-0.4, -0.2) is 38.0 Å². The predicted octanol–water partition coefficient (Wildman–Crippen LogP) is 3.70. The van der Waals surface area contributed by atoms with E-state index in [0.29, 0.717) is 24.1 Å². The molecule has 3 aromatic rings. The summed E-state index contributed by atoms with van der Waals surface area (Å²) in [5, 5.41) is 8.68. The first-order valence-corrected chi connectivity index (χ1v) is 10.4. The van der Waals surface area contributed by atoms with Crippen LogP contribution in [0.3, 0.4) is 0 Å². The van der Waals surface area contributed by atoms with Crippen molar-refractivity contribution in [2.45, 2.75) is 18.6 Å². The van der Waals surface area contributed by atoms with E-state index in [1.54, 1.807) is 17.0 Å². The highest BCUT2D eigenvalue weighted by molar-refractivity contribution is 9.10. The fraction of sp³-hybridized carbons (Fsp3) is 0.211. The molecule has 28 heavy (non-hydrogen) atoms. The summed E-state index contributed by atoms with van der Waals surface area (Å²) in [6.45, 7) is 2.76. The van der Waals surface area contributed by atoms with Crippen molar-refractivity contribution in [1.82, 2.24) is 19.8 Å². The van der Waals surface area contributed by atoms with E-state index in [2.05, 4.69) is 26.1 Å². The molecule has 1 amide bonds. The Morgan fingerprint density at radius 1 is 1.25 bits per heavy atom. The predicted molar refractivity (Wildman–Crippen MR) is 112 cm³/mol. The van der Waals surface area contributed by atoms with Crippen LogP contribution in [0.2, 0.25) is 0 Å². The molecule has 2 N–H and O–H groups in total. The molecule has 0 radical (unpaired) electrons. The number of halogens is 2. The molecule has 0 aliphatic carbocycles. The minimum absolute atomic E-state index is 0.0813. The molecule has 1 heterocycles. The number of amides is 1. The van der Waals surface area contributed by atoms with Crippen molar-refractivity contribution in [3.8, 4) is 11.4 Å². The third-order valence-corrected chi connectivity index (χ3v) is 5.72. The number of carbonyl (C=O) groups is 1. The molecule has 0 saturated heterocycles. The minimum Gasteiger partial charge on any atom is -0.338 e. The van der Waals surface area contributed by atoms with Gasteiger partial charge in [0.15, 0.2) is 5.82 Å². The molecule has 6 nitrogen and oxygen atoms in total. The van der Waals surface area contributed by atoms with Crippen LogP contribution in [0.1, 0.15) is 12.5 Å². The van der Waals surface area contributed by atoms with Crippen molar-refractivity contribution in [3.63, 3.8) is 0 Å². The number of nitrogens with two attached hydrogens (primary N) is 1. The van der Waals surface area contributed by atoms with Gasteiger partial charge < -0.3 is 10.7 Å². The third kappa shape index (κ3) is 4.71. The molecule has 0 saturated carbocycles. The number of nitrogens with zero attached hydrogens (tertiary/aromatic N) is 4. The van der Waals surface area contributed by atoms with Crippen molar-refractivity contribution in [1.29, 1.82) is 0 Å². The Morgan fingerprint density at radius 3 is 2.75 bits per heavy atom. The van der Waals surface area contributed by atoms with Gasteiger partial charge in [-0.15, -0.1) is 10.2 Å². The molecular formula is C19H19BrFN5OS.